The quantitative estimate of drug-likeness (QED) is 0.915. The van der Waals surface area contributed by atoms with E-state index >= 15 is 0 Å². The number of benzene rings is 2. The zero-order valence-corrected chi connectivity index (χ0v) is 13.2. The summed E-state index contributed by atoms with van der Waals surface area (Å²) in [5, 5.41) is 2.78. The fourth-order valence-corrected chi connectivity index (χ4v) is 2.61. The number of amides is 1. The van der Waals surface area contributed by atoms with Crippen molar-refractivity contribution in [3.63, 3.8) is 0 Å². The Morgan fingerprint density at radius 1 is 1.09 bits per heavy atom. The summed E-state index contributed by atoms with van der Waals surface area (Å²) in [6.07, 6.45) is 1.13. The Kier molecular flexibility index (Phi) is 4.82. The molecule has 0 aliphatic heterocycles. The third kappa shape index (κ3) is 3.85. The minimum absolute atomic E-state index is 0.189. The molecule has 6 heteroatoms. The Morgan fingerprint density at radius 2 is 1.73 bits per heavy atom. The first kappa shape index (κ1) is 16.0. The molecule has 1 N–H and O–H groups in total. The van der Waals surface area contributed by atoms with E-state index in [2.05, 4.69) is 5.32 Å². The first-order valence-corrected chi connectivity index (χ1v) is 8.51. The van der Waals surface area contributed by atoms with Gasteiger partial charge in [-0.25, -0.2) is 8.42 Å². The first-order valence-electron chi connectivity index (χ1n) is 6.62. The van der Waals surface area contributed by atoms with Crippen molar-refractivity contribution in [2.45, 2.75) is 11.4 Å². The van der Waals surface area contributed by atoms with E-state index in [-0.39, 0.29) is 10.8 Å². The molecule has 0 saturated carbocycles. The molecular weight excluding hydrogens is 302 g/mol. The highest BCUT2D eigenvalue weighted by molar-refractivity contribution is 7.90. The SMILES string of the molecule is COc1ccccc1CNC(=O)c1ccc(S(C)(=O)=O)cc1. The van der Waals surface area contributed by atoms with Gasteiger partial charge in [-0.05, 0) is 30.3 Å². The molecule has 0 aliphatic carbocycles. The van der Waals surface area contributed by atoms with Crippen LogP contribution in [-0.2, 0) is 16.4 Å². The molecule has 0 aromatic heterocycles. The molecule has 2 aromatic carbocycles. The van der Waals surface area contributed by atoms with Crippen LogP contribution in [0.2, 0.25) is 0 Å². The van der Waals surface area contributed by atoms with Crippen LogP contribution in [0.5, 0.6) is 5.75 Å². The number of nitrogens with one attached hydrogen (secondary N) is 1. The third-order valence-electron chi connectivity index (χ3n) is 3.18. The average molecular weight is 319 g/mol. The smallest absolute Gasteiger partial charge is 0.251 e. The van der Waals surface area contributed by atoms with Gasteiger partial charge in [-0.15, -0.1) is 0 Å². The lowest BCUT2D eigenvalue weighted by atomic mass is 10.2. The Morgan fingerprint density at radius 3 is 2.32 bits per heavy atom. The van der Waals surface area contributed by atoms with Gasteiger partial charge >= 0.3 is 0 Å². The summed E-state index contributed by atoms with van der Waals surface area (Å²) >= 11 is 0. The number of carbonyl (C=O) groups is 1. The van der Waals surface area contributed by atoms with Crippen molar-refractivity contribution in [2.24, 2.45) is 0 Å². The van der Waals surface area contributed by atoms with Gasteiger partial charge in [0, 0.05) is 23.9 Å². The maximum Gasteiger partial charge on any atom is 0.251 e. The number of rotatable bonds is 5. The normalized spacial score (nSPS) is 11.0. The van der Waals surface area contributed by atoms with Gasteiger partial charge in [0.05, 0.1) is 12.0 Å². The molecule has 5 nitrogen and oxygen atoms in total. The number of ether oxygens (including phenoxy) is 1. The Hall–Kier alpha value is -2.34. The lowest BCUT2D eigenvalue weighted by molar-refractivity contribution is 0.0950. The molecule has 0 saturated heterocycles. The summed E-state index contributed by atoms with van der Waals surface area (Å²) in [5.41, 5.74) is 1.27. The summed E-state index contributed by atoms with van der Waals surface area (Å²) in [4.78, 5) is 12.3. The minimum Gasteiger partial charge on any atom is -0.496 e. The average Bonchev–Trinajstić information content (AvgIpc) is 2.52. The molecule has 2 aromatic rings. The topological polar surface area (TPSA) is 72.5 Å². The lowest BCUT2D eigenvalue weighted by Crippen LogP contribution is -2.23. The Balaban J connectivity index is 2.06. The molecule has 1 amide bonds. The molecule has 22 heavy (non-hydrogen) atoms. The van der Waals surface area contributed by atoms with Crippen molar-refractivity contribution in [3.05, 3.63) is 59.7 Å². The monoisotopic (exact) mass is 319 g/mol. The molecule has 0 radical (unpaired) electrons. The van der Waals surface area contributed by atoms with Crippen molar-refractivity contribution in [1.29, 1.82) is 0 Å². The summed E-state index contributed by atoms with van der Waals surface area (Å²) in [5.74, 6) is 0.432. The molecule has 116 valence electrons. The molecular formula is C16H17NO4S. The lowest BCUT2D eigenvalue weighted by Gasteiger charge is -2.09. The largest absolute Gasteiger partial charge is 0.496 e. The zero-order valence-electron chi connectivity index (χ0n) is 12.4. The van der Waals surface area contributed by atoms with Crippen LogP contribution in [0.3, 0.4) is 0 Å². The van der Waals surface area contributed by atoms with Crippen LogP contribution < -0.4 is 10.1 Å². The van der Waals surface area contributed by atoms with Crippen LogP contribution >= 0.6 is 0 Å². The molecule has 0 fully saturated rings. The second-order valence-corrected chi connectivity index (χ2v) is 6.81. The predicted molar refractivity (Wildman–Crippen MR) is 83.7 cm³/mol. The maximum atomic E-state index is 12.1. The van der Waals surface area contributed by atoms with E-state index in [0.717, 1.165) is 11.8 Å². The van der Waals surface area contributed by atoms with Crippen LogP contribution in [0.25, 0.3) is 0 Å². The van der Waals surface area contributed by atoms with Crippen molar-refractivity contribution >= 4 is 15.7 Å². The van der Waals surface area contributed by atoms with E-state index in [1.54, 1.807) is 7.11 Å². The van der Waals surface area contributed by atoms with Crippen molar-refractivity contribution < 1.29 is 17.9 Å². The second kappa shape index (κ2) is 6.62. The van der Waals surface area contributed by atoms with Crippen molar-refractivity contribution in [3.8, 4) is 5.75 Å². The van der Waals surface area contributed by atoms with Crippen LogP contribution in [0.4, 0.5) is 0 Å². The highest BCUT2D eigenvalue weighted by Gasteiger charge is 2.10. The highest BCUT2D eigenvalue weighted by Crippen LogP contribution is 2.17. The molecule has 2 rings (SSSR count). The van der Waals surface area contributed by atoms with Crippen LogP contribution in [0, 0.1) is 0 Å². The van der Waals surface area contributed by atoms with Gasteiger partial charge in [-0.3, -0.25) is 4.79 Å². The maximum absolute atomic E-state index is 12.1. The number of methoxy groups -OCH3 is 1. The fraction of sp³-hybridized carbons (Fsp3) is 0.188. The number of hydrogen-bond donors (Lipinski definition) is 1. The standard InChI is InChI=1S/C16H17NO4S/c1-21-15-6-4-3-5-13(15)11-17-16(18)12-7-9-14(10-8-12)22(2,19)20/h3-10H,11H2,1-2H3,(H,17,18). The minimum atomic E-state index is -3.26. The van der Waals surface area contributed by atoms with E-state index in [1.807, 2.05) is 24.3 Å². The van der Waals surface area contributed by atoms with E-state index in [4.69, 9.17) is 4.74 Å². The summed E-state index contributed by atoms with van der Waals surface area (Å²) in [6.45, 7) is 0.330. The molecule has 0 bridgehead atoms. The van der Waals surface area contributed by atoms with Crippen molar-refractivity contribution in [2.75, 3.05) is 13.4 Å². The van der Waals surface area contributed by atoms with Gasteiger partial charge in [-0.2, -0.15) is 0 Å². The van der Waals surface area contributed by atoms with Gasteiger partial charge in [0.15, 0.2) is 9.84 Å². The van der Waals surface area contributed by atoms with E-state index < -0.39 is 9.84 Å². The zero-order chi connectivity index (χ0) is 16.2. The van der Waals surface area contributed by atoms with Gasteiger partial charge in [0.1, 0.15) is 5.75 Å². The fourth-order valence-electron chi connectivity index (χ4n) is 1.98. The summed E-state index contributed by atoms with van der Waals surface area (Å²) in [7, 11) is -1.68. The second-order valence-electron chi connectivity index (χ2n) is 4.79. The molecule has 0 aliphatic rings. The van der Waals surface area contributed by atoms with E-state index in [1.165, 1.54) is 24.3 Å². The Bertz CT molecular complexity index is 767. The molecule has 0 unspecified atom stereocenters. The first-order chi connectivity index (χ1) is 10.4. The third-order valence-corrected chi connectivity index (χ3v) is 4.31. The molecule has 0 spiro atoms. The Labute approximate surface area is 129 Å². The summed E-state index contributed by atoms with van der Waals surface area (Å²) < 4.78 is 28.0. The van der Waals surface area contributed by atoms with Crippen LogP contribution in [0.1, 0.15) is 15.9 Å². The predicted octanol–water partition coefficient (Wildman–Crippen LogP) is 2.03. The highest BCUT2D eigenvalue weighted by atomic mass is 32.2. The number of sulfone groups is 1. The van der Waals surface area contributed by atoms with E-state index in [9.17, 15) is 13.2 Å². The van der Waals surface area contributed by atoms with E-state index in [0.29, 0.717) is 17.9 Å². The van der Waals surface area contributed by atoms with Gasteiger partial charge < -0.3 is 10.1 Å². The van der Waals surface area contributed by atoms with Crippen LogP contribution in [-0.4, -0.2) is 27.7 Å². The molecule has 0 atom stereocenters. The van der Waals surface area contributed by atoms with Crippen LogP contribution in [0.15, 0.2) is 53.4 Å². The number of para-hydroxylation sites is 1. The van der Waals surface area contributed by atoms with Gasteiger partial charge in [0.25, 0.3) is 5.91 Å². The summed E-state index contributed by atoms with van der Waals surface area (Å²) in [6, 6.07) is 13.2. The molecule has 0 heterocycles. The van der Waals surface area contributed by atoms with Gasteiger partial charge in [-0.1, -0.05) is 18.2 Å². The number of hydrogen-bond acceptors (Lipinski definition) is 4. The number of carbonyl (C=O) groups excluding carboxylic acids is 1. The van der Waals surface area contributed by atoms with Gasteiger partial charge in [0.2, 0.25) is 0 Å². The van der Waals surface area contributed by atoms with Crippen molar-refractivity contribution in [1.82, 2.24) is 5.32 Å².